The molecule has 1 rings (SSSR count). The fourth-order valence-electron chi connectivity index (χ4n) is 0.956. The van der Waals surface area contributed by atoms with Crippen LogP contribution in [0.25, 0.3) is 0 Å². The Balaban J connectivity index is 3.01. The number of benzene rings is 1. The van der Waals surface area contributed by atoms with Gasteiger partial charge in [0.15, 0.2) is 0 Å². The van der Waals surface area contributed by atoms with Gasteiger partial charge in [-0.1, -0.05) is 15.9 Å². The van der Waals surface area contributed by atoms with Gasteiger partial charge in [-0.3, -0.25) is 4.72 Å². The summed E-state index contributed by atoms with van der Waals surface area (Å²) < 4.78 is 39.3. The van der Waals surface area contributed by atoms with Crippen LogP contribution in [0.1, 0.15) is 6.92 Å². The lowest BCUT2D eigenvalue weighted by Gasteiger charge is -2.13. The molecule has 0 bridgehead atoms. The third-order valence-electron chi connectivity index (χ3n) is 2.04. The molecule has 4 nitrogen and oxygen atoms in total. The van der Waals surface area contributed by atoms with Crippen LogP contribution in [-0.4, -0.2) is 20.2 Å². The lowest BCUT2D eigenvalue weighted by molar-refractivity contribution is 0.587. The zero-order valence-corrected chi connectivity index (χ0v) is 11.0. The first kappa shape index (κ1) is 13.4. The van der Waals surface area contributed by atoms with E-state index in [4.69, 9.17) is 5.73 Å². The molecule has 0 aromatic heterocycles. The molecule has 7 heteroatoms. The van der Waals surface area contributed by atoms with Crippen LogP contribution in [0.4, 0.5) is 10.1 Å². The molecule has 1 atom stereocenters. The summed E-state index contributed by atoms with van der Waals surface area (Å²) in [5.74, 6) is -0.629. The van der Waals surface area contributed by atoms with Gasteiger partial charge in [-0.2, -0.15) is 0 Å². The van der Waals surface area contributed by atoms with E-state index >= 15 is 0 Å². The number of halogens is 2. The van der Waals surface area contributed by atoms with Gasteiger partial charge in [0.1, 0.15) is 5.82 Å². The van der Waals surface area contributed by atoms with E-state index in [1.54, 1.807) is 0 Å². The molecule has 0 saturated heterocycles. The largest absolute Gasteiger partial charge is 0.329 e. The van der Waals surface area contributed by atoms with Crippen LogP contribution in [0.5, 0.6) is 0 Å². The fraction of sp³-hybridized carbons (Fsp3) is 0.333. The molecule has 0 amide bonds. The molecule has 90 valence electrons. The fourth-order valence-corrected chi connectivity index (χ4v) is 2.23. The Morgan fingerprint density at radius 2 is 2.19 bits per heavy atom. The number of nitrogens with two attached hydrogens (primary N) is 1. The third-order valence-corrected chi connectivity index (χ3v) is 4.29. The van der Waals surface area contributed by atoms with Gasteiger partial charge in [0.05, 0.1) is 10.9 Å². The topological polar surface area (TPSA) is 72.2 Å². The van der Waals surface area contributed by atoms with Gasteiger partial charge >= 0.3 is 0 Å². The maximum Gasteiger partial charge on any atom is 0.236 e. The second-order valence-corrected chi connectivity index (χ2v) is 6.33. The van der Waals surface area contributed by atoms with Gasteiger partial charge < -0.3 is 5.73 Å². The van der Waals surface area contributed by atoms with Crippen molar-refractivity contribution in [3.63, 3.8) is 0 Å². The van der Waals surface area contributed by atoms with E-state index in [1.165, 1.54) is 25.1 Å². The van der Waals surface area contributed by atoms with E-state index in [0.29, 0.717) is 4.47 Å². The van der Waals surface area contributed by atoms with E-state index < -0.39 is 21.1 Å². The first-order valence-corrected chi connectivity index (χ1v) is 6.87. The van der Waals surface area contributed by atoms with Gasteiger partial charge in [0.25, 0.3) is 0 Å². The highest BCUT2D eigenvalue weighted by Crippen LogP contribution is 2.21. The Labute approximate surface area is 102 Å². The standard InChI is InChI=1S/C9H12BrFN2O2S/c1-6(5-12)16(14,15)13-9-4-7(10)2-3-8(9)11/h2-4,6,13H,5,12H2,1H3. The Morgan fingerprint density at radius 3 is 2.75 bits per heavy atom. The van der Waals surface area contributed by atoms with Crippen molar-refractivity contribution >= 4 is 31.6 Å². The molecule has 0 aliphatic rings. The normalized spacial score (nSPS) is 13.5. The van der Waals surface area contributed by atoms with Crippen molar-refractivity contribution in [2.24, 2.45) is 5.73 Å². The van der Waals surface area contributed by atoms with Gasteiger partial charge in [-0.15, -0.1) is 0 Å². The second-order valence-electron chi connectivity index (χ2n) is 3.32. The summed E-state index contributed by atoms with van der Waals surface area (Å²) in [4.78, 5) is 0. The smallest absolute Gasteiger partial charge is 0.236 e. The molecule has 0 radical (unpaired) electrons. The highest BCUT2D eigenvalue weighted by Gasteiger charge is 2.20. The van der Waals surface area contributed by atoms with Crippen molar-refractivity contribution in [3.05, 3.63) is 28.5 Å². The van der Waals surface area contributed by atoms with Crippen LogP contribution in [0.2, 0.25) is 0 Å². The summed E-state index contributed by atoms with van der Waals surface area (Å²) in [6.45, 7) is 1.43. The van der Waals surface area contributed by atoms with Gasteiger partial charge in [-0.25, -0.2) is 12.8 Å². The summed E-state index contributed by atoms with van der Waals surface area (Å²) in [5.41, 5.74) is 5.17. The number of anilines is 1. The Morgan fingerprint density at radius 1 is 1.56 bits per heavy atom. The molecule has 0 fully saturated rings. The molecule has 1 unspecified atom stereocenters. The van der Waals surface area contributed by atoms with Crippen LogP contribution >= 0.6 is 15.9 Å². The minimum atomic E-state index is -3.64. The first-order valence-electron chi connectivity index (χ1n) is 4.53. The van der Waals surface area contributed by atoms with Gasteiger partial charge in [0, 0.05) is 11.0 Å². The summed E-state index contributed by atoms with van der Waals surface area (Å²) in [5, 5.41) is -0.772. The number of rotatable bonds is 4. The lowest BCUT2D eigenvalue weighted by atomic mass is 10.3. The third kappa shape index (κ3) is 3.16. The van der Waals surface area contributed by atoms with Crippen molar-refractivity contribution < 1.29 is 12.8 Å². The van der Waals surface area contributed by atoms with Crippen LogP contribution in [-0.2, 0) is 10.0 Å². The number of hydrogen-bond donors (Lipinski definition) is 2. The SMILES string of the molecule is CC(CN)S(=O)(=O)Nc1cc(Br)ccc1F. The molecule has 0 spiro atoms. The van der Waals surface area contributed by atoms with Crippen LogP contribution < -0.4 is 10.5 Å². The van der Waals surface area contributed by atoms with Crippen LogP contribution in [0, 0.1) is 5.82 Å². The molecule has 0 aliphatic carbocycles. The number of hydrogen-bond acceptors (Lipinski definition) is 3. The van der Waals surface area contributed by atoms with Crippen LogP contribution in [0.15, 0.2) is 22.7 Å². The average Bonchev–Trinajstić information content (AvgIpc) is 2.22. The number of nitrogens with one attached hydrogen (secondary N) is 1. The highest BCUT2D eigenvalue weighted by atomic mass is 79.9. The summed E-state index contributed by atoms with van der Waals surface area (Å²) >= 11 is 3.13. The van der Waals surface area contributed by atoms with Crippen molar-refractivity contribution in [3.8, 4) is 0 Å². The van der Waals surface area contributed by atoms with E-state index in [9.17, 15) is 12.8 Å². The molecule has 0 heterocycles. The zero-order valence-electron chi connectivity index (χ0n) is 8.57. The zero-order chi connectivity index (χ0) is 12.3. The molecular weight excluding hydrogens is 299 g/mol. The minimum absolute atomic E-state index is 0.0229. The maximum atomic E-state index is 13.3. The molecular formula is C9H12BrFN2O2S. The Kier molecular flexibility index (Phi) is 4.28. The summed E-state index contributed by atoms with van der Waals surface area (Å²) in [6.07, 6.45) is 0. The van der Waals surface area contributed by atoms with E-state index in [0.717, 1.165) is 0 Å². The molecule has 0 aliphatic heterocycles. The second kappa shape index (κ2) is 5.11. The molecule has 16 heavy (non-hydrogen) atoms. The molecule has 3 N–H and O–H groups in total. The molecule has 1 aromatic rings. The van der Waals surface area contributed by atoms with Crippen LogP contribution in [0.3, 0.4) is 0 Å². The minimum Gasteiger partial charge on any atom is -0.329 e. The van der Waals surface area contributed by atoms with E-state index in [-0.39, 0.29) is 12.2 Å². The predicted molar refractivity (Wildman–Crippen MR) is 65.2 cm³/mol. The maximum absolute atomic E-state index is 13.3. The van der Waals surface area contributed by atoms with Crippen molar-refractivity contribution in [2.45, 2.75) is 12.2 Å². The number of sulfonamides is 1. The Bertz CT molecular complexity index is 478. The lowest BCUT2D eigenvalue weighted by Crippen LogP contribution is -2.31. The van der Waals surface area contributed by atoms with Crippen molar-refractivity contribution in [1.29, 1.82) is 0 Å². The highest BCUT2D eigenvalue weighted by molar-refractivity contribution is 9.10. The summed E-state index contributed by atoms with van der Waals surface area (Å²) in [6, 6.07) is 4.02. The summed E-state index contributed by atoms with van der Waals surface area (Å²) in [7, 11) is -3.64. The average molecular weight is 311 g/mol. The van der Waals surface area contributed by atoms with Crippen molar-refractivity contribution in [2.75, 3.05) is 11.3 Å². The van der Waals surface area contributed by atoms with Gasteiger partial charge in [0.2, 0.25) is 10.0 Å². The predicted octanol–water partition coefficient (Wildman–Crippen LogP) is 1.68. The van der Waals surface area contributed by atoms with E-state index in [2.05, 4.69) is 20.7 Å². The van der Waals surface area contributed by atoms with Crippen molar-refractivity contribution in [1.82, 2.24) is 0 Å². The molecule has 0 saturated carbocycles. The van der Waals surface area contributed by atoms with Gasteiger partial charge in [-0.05, 0) is 25.1 Å². The monoisotopic (exact) mass is 310 g/mol. The quantitative estimate of drug-likeness (QED) is 0.888. The molecule has 1 aromatic carbocycles. The van der Waals surface area contributed by atoms with E-state index in [1.807, 2.05) is 0 Å². The first-order chi connectivity index (χ1) is 7.36. The Hall–Kier alpha value is -0.660.